The number of carbonyl (C=O) groups is 1. The van der Waals surface area contributed by atoms with E-state index in [1.807, 2.05) is 12.1 Å². The number of rotatable bonds is 6. The van der Waals surface area contributed by atoms with Gasteiger partial charge in [0.25, 0.3) is 0 Å². The van der Waals surface area contributed by atoms with Crippen LogP contribution in [0.5, 0.6) is 0 Å². The number of benzene rings is 2. The summed E-state index contributed by atoms with van der Waals surface area (Å²) in [5, 5.41) is 3.39. The van der Waals surface area contributed by atoms with Gasteiger partial charge in [0.2, 0.25) is 5.91 Å². The van der Waals surface area contributed by atoms with E-state index in [2.05, 4.69) is 36.5 Å². The van der Waals surface area contributed by atoms with Crippen LogP contribution in [0, 0.1) is 0 Å². The minimum Gasteiger partial charge on any atom is -0.366 e. The first-order valence-electron chi connectivity index (χ1n) is 6.86. The molecule has 104 valence electrons. The first-order valence-corrected chi connectivity index (χ1v) is 6.86. The molecule has 0 saturated heterocycles. The third-order valence-electron chi connectivity index (χ3n) is 3.33. The summed E-state index contributed by atoms with van der Waals surface area (Å²) in [5.41, 5.74) is 9.52. The number of nitrogens with two attached hydrogens (primary N) is 1. The average Bonchev–Trinajstić information content (AvgIpc) is 2.48. The van der Waals surface area contributed by atoms with E-state index in [0.717, 1.165) is 25.1 Å². The van der Waals surface area contributed by atoms with E-state index in [4.69, 9.17) is 5.73 Å². The zero-order valence-corrected chi connectivity index (χ0v) is 11.7. The monoisotopic (exact) mass is 268 g/mol. The van der Waals surface area contributed by atoms with E-state index in [0.29, 0.717) is 5.56 Å². The maximum Gasteiger partial charge on any atom is 0.248 e. The molecule has 0 saturated carbocycles. The largest absolute Gasteiger partial charge is 0.366 e. The first kappa shape index (κ1) is 14.3. The predicted molar refractivity (Wildman–Crippen MR) is 81.3 cm³/mol. The number of hydrogen-bond acceptors (Lipinski definition) is 2. The molecule has 3 N–H and O–H groups in total. The molecule has 2 aromatic carbocycles. The molecule has 20 heavy (non-hydrogen) atoms. The second kappa shape index (κ2) is 6.87. The SMILES string of the molecule is CCc1ccc(CNCc2ccc(C(N)=O)cc2)cc1. The lowest BCUT2D eigenvalue weighted by Crippen LogP contribution is -2.14. The third kappa shape index (κ3) is 3.93. The van der Waals surface area contributed by atoms with Crippen LogP contribution in [0.2, 0.25) is 0 Å². The van der Waals surface area contributed by atoms with Crippen molar-refractivity contribution in [3.8, 4) is 0 Å². The van der Waals surface area contributed by atoms with Crippen molar-refractivity contribution in [3.63, 3.8) is 0 Å². The molecule has 0 unspecified atom stereocenters. The van der Waals surface area contributed by atoms with E-state index in [1.165, 1.54) is 11.1 Å². The number of aryl methyl sites for hydroxylation is 1. The lowest BCUT2D eigenvalue weighted by atomic mass is 10.1. The number of amides is 1. The van der Waals surface area contributed by atoms with Crippen molar-refractivity contribution in [3.05, 3.63) is 70.8 Å². The third-order valence-corrected chi connectivity index (χ3v) is 3.33. The minimum absolute atomic E-state index is 0.388. The van der Waals surface area contributed by atoms with Gasteiger partial charge in [-0.05, 0) is 35.2 Å². The predicted octanol–water partition coefficient (Wildman–Crippen LogP) is 2.64. The summed E-state index contributed by atoms with van der Waals surface area (Å²) in [5.74, 6) is -0.388. The molecule has 0 radical (unpaired) electrons. The minimum atomic E-state index is -0.388. The van der Waals surface area contributed by atoms with Gasteiger partial charge in [-0.25, -0.2) is 0 Å². The number of primary amides is 1. The molecule has 0 aliphatic rings. The van der Waals surface area contributed by atoms with Crippen LogP contribution in [-0.4, -0.2) is 5.91 Å². The Morgan fingerprint density at radius 1 is 0.900 bits per heavy atom. The van der Waals surface area contributed by atoms with Gasteiger partial charge < -0.3 is 11.1 Å². The topological polar surface area (TPSA) is 55.1 Å². The molecule has 0 aliphatic carbocycles. The highest BCUT2D eigenvalue weighted by molar-refractivity contribution is 5.92. The molecule has 0 heterocycles. The summed E-state index contributed by atoms with van der Waals surface area (Å²) in [6.07, 6.45) is 1.07. The van der Waals surface area contributed by atoms with Crippen molar-refractivity contribution in [1.29, 1.82) is 0 Å². The maximum atomic E-state index is 11.0. The van der Waals surface area contributed by atoms with E-state index >= 15 is 0 Å². The highest BCUT2D eigenvalue weighted by atomic mass is 16.1. The quantitative estimate of drug-likeness (QED) is 0.846. The Kier molecular flexibility index (Phi) is 4.91. The number of carbonyl (C=O) groups excluding carboxylic acids is 1. The van der Waals surface area contributed by atoms with Crippen LogP contribution in [-0.2, 0) is 19.5 Å². The van der Waals surface area contributed by atoms with E-state index in [-0.39, 0.29) is 5.91 Å². The Morgan fingerprint density at radius 2 is 1.35 bits per heavy atom. The smallest absolute Gasteiger partial charge is 0.248 e. The Labute approximate surface area is 119 Å². The summed E-state index contributed by atoms with van der Waals surface area (Å²) in [6, 6.07) is 16.0. The van der Waals surface area contributed by atoms with Gasteiger partial charge in [0.1, 0.15) is 0 Å². The van der Waals surface area contributed by atoms with Gasteiger partial charge in [0, 0.05) is 18.7 Å². The van der Waals surface area contributed by atoms with Gasteiger partial charge in [0.15, 0.2) is 0 Å². The lowest BCUT2D eigenvalue weighted by molar-refractivity contribution is 0.100. The molecule has 0 spiro atoms. The van der Waals surface area contributed by atoms with E-state index in [9.17, 15) is 4.79 Å². The van der Waals surface area contributed by atoms with Crippen molar-refractivity contribution in [1.82, 2.24) is 5.32 Å². The fraction of sp³-hybridized carbons (Fsp3) is 0.235. The van der Waals surface area contributed by atoms with Crippen LogP contribution in [0.15, 0.2) is 48.5 Å². The molecule has 0 aromatic heterocycles. The van der Waals surface area contributed by atoms with Gasteiger partial charge in [-0.2, -0.15) is 0 Å². The van der Waals surface area contributed by atoms with Crippen LogP contribution >= 0.6 is 0 Å². The van der Waals surface area contributed by atoms with Gasteiger partial charge in [-0.15, -0.1) is 0 Å². The average molecular weight is 268 g/mol. The Morgan fingerprint density at radius 3 is 1.80 bits per heavy atom. The van der Waals surface area contributed by atoms with E-state index < -0.39 is 0 Å². The first-order chi connectivity index (χ1) is 9.69. The van der Waals surface area contributed by atoms with Crippen LogP contribution < -0.4 is 11.1 Å². The van der Waals surface area contributed by atoms with Crippen LogP contribution in [0.3, 0.4) is 0 Å². The molecule has 2 rings (SSSR count). The molecule has 2 aromatic rings. The second-order valence-electron chi connectivity index (χ2n) is 4.83. The Bertz CT molecular complexity index is 559. The van der Waals surface area contributed by atoms with Crippen LogP contribution in [0.4, 0.5) is 0 Å². The molecule has 3 nitrogen and oxygen atoms in total. The second-order valence-corrected chi connectivity index (χ2v) is 4.83. The van der Waals surface area contributed by atoms with Crippen molar-refractivity contribution in [2.24, 2.45) is 5.73 Å². The van der Waals surface area contributed by atoms with Crippen molar-refractivity contribution >= 4 is 5.91 Å². The zero-order chi connectivity index (χ0) is 14.4. The van der Waals surface area contributed by atoms with Crippen LogP contribution in [0.1, 0.15) is 34.0 Å². The van der Waals surface area contributed by atoms with Crippen molar-refractivity contribution in [2.45, 2.75) is 26.4 Å². The van der Waals surface area contributed by atoms with Gasteiger partial charge in [-0.3, -0.25) is 4.79 Å². The molecule has 3 heteroatoms. The molecule has 0 atom stereocenters. The number of nitrogens with one attached hydrogen (secondary N) is 1. The van der Waals surface area contributed by atoms with Gasteiger partial charge in [-0.1, -0.05) is 43.3 Å². The molecule has 0 aliphatic heterocycles. The molecular formula is C17H20N2O. The fourth-order valence-corrected chi connectivity index (χ4v) is 2.03. The molecule has 1 amide bonds. The summed E-state index contributed by atoms with van der Waals surface area (Å²) >= 11 is 0. The zero-order valence-electron chi connectivity index (χ0n) is 11.7. The van der Waals surface area contributed by atoms with Crippen molar-refractivity contribution < 1.29 is 4.79 Å². The standard InChI is InChI=1S/C17H20N2O/c1-2-13-3-5-14(6-4-13)11-19-12-15-7-9-16(10-8-15)17(18)20/h3-10,19H,2,11-12H2,1H3,(H2,18,20). The van der Waals surface area contributed by atoms with Crippen LogP contribution in [0.25, 0.3) is 0 Å². The molecule has 0 fully saturated rings. The Hall–Kier alpha value is -2.13. The molecular weight excluding hydrogens is 248 g/mol. The normalized spacial score (nSPS) is 10.4. The highest BCUT2D eigenvalue weighted by Gasteiger charge is 1.99. The maximum absolute atomic E-state index is 11.0. The van der Waals surface area contributed by atoms with Gasteiger partial charge in [0.05, 0.1) is 0 Å². The summed E-state index contributed by atoms with van der Waals surface area (Å²) < 4.78 is 0. The summed E-state index contributed by atoms with van der Waals surface area (Å²) in [7, 11) is 0. The summed E-state index contributed by atoms with van der Waals surface area (Å²) in [4.78, 5) is 11.0. The fourth-order valence-electron chi connectivity index (χ4n) is 2.03. The van der Waals surface area contributed by atoms with E-state index in [1.54, 1.807) is 12.1 Å². The highest BCUT2D eigenvalue weighted by Crippen LogP contribution is 2.06. The number of hydrogen-bond donors (Lipinski definition) is 2. The molecule has 0 bridgehead atoms. The summed E-state index contributed by atoms with van der Waals surface area (Å²) in [6.45, 7) is 3.76. The van der Waals surface area contributed by atoms with Crippen molar-refractivity contribution in [2.75, 3.05) is 0 Å². The lowest BCUT2D eigenvalue weighted by Gasteiger charge is -2.06. The Balaban J connectivity index is 1.84. The van der Waals surface area contributed by atoms with Gasteiger partial charge >= 0.3 is 0 Å².